The number of piperidine rings is 1. The minimum Gasteiger partial charge on any atom is -0.322 e. The van der Waals surface area contributed by atoms with Crippen LogP contribution in [0.3, 0.4) is 0 Å². The second-order valence-corrected chi connectivity index (χ2v) is 3.46. The molecule has 1 saturated heterocycles. The lowest BCUT2D eigenvalue weighted by Gasteiger charge is -2.38. The van der Waals surface area contributed by atoms with Gasteiger partial charge in [0.1, 0.15) is 0 Å². The molecule has 0 saturated carbocycles. The average Bonchev–Trinajstić information content (AvgIpc) is 2.03. The molecule has 0 aromatic heterocycles. The summed E-state index contributed by atoms with van der Waals surface area (Å²) >= 11 is 0. The first kappa shape index (κ1) is 12.8. The molecule has 4 heteroatoms. The molecule has 0 aromatic carbocycles. The van der Waals surface area contributed by atoms with E-state index in [1.807, 2.05) is 13.8 Å². The highest BCUT2D eigenvalue weighted by Gasteiger charge is 2.44. The van der Waals surface area contributed by atoms with Gasteiger partial charge in [0, 0.05) is 7.97 Å². The van der Waals surface area contributed by atoms with Gasteiger partial charge in [-0.25, -0.2) is 8.78 Å². The van der Waals surface area contributed by atoms with Crippen molar-refractivity contribution in [3.05, 3.63) is 0 Å². The van der Waals surface area contributed by atoms with Crippen LogP contribution in [-0.4, -0.2) is 37.0 Å². The third-order valence-corrected chi connectivity index (χ3v) is 2.18. The first-order chi connectivity index (χ1) is 5.93. The largest absolute Gasteiger partial charge is 0.322 e. The van der Waals surface area contributed by atoms with Crippen LogP contribution in [0, 0.1) is 5.92 Å². The predicted octanol–water partition coefficient (Wildman–Crippen LogP) is 1.80. The minimum atomic E-state index is -2.72. The van der Waals surface area contributed by atoms with E-state index in [-0.39, 0.29) is 13.9 Å². The Balaban J connectivity index is 0. The fraction of sp³-hybridized carbons (Fsp3) is 1.00. The third-order valence-electron chi connectivity index (χ3n) is 2.18. The lowest BCUT2D eigenvalue weighted by atomic mass is 9.92. The third kappa shape index (κ3) is 3.19. The highest BCUT2D eigenvalue weighted by atomic mass is 19.3. The van der Waals surface area contributed by atoms with Crippen molar-refractivity contribution in [1.82, 2.24) is 4.90 Å². The van der Waals surface area contributed by atoms with Gasteiger partial charge in [0.25, 0.3) is 5.92 Å². The Labute approximate surface area is 80.6 Å². The summed E-state index contributed by atoms with van der Waals surface area (Å²) in [7, 11) is 1.69. The number of hydrogen-bond acceptors (Lipinski definition) is 2. The number of nitrogens with two attached hydrogens (primary N) is 1. The lowest BCUT2D eigenvalue weighted by molar-refractivity contribution is -0.0920. The quantitative estimate of drug-likeness (QED) is 0.640. The summed E-state index contributed by atoms with van der Waals surface area (Å²) in [6.07, 6.45) is 0. The molecule has 0 amide bonds. The molecular weight excluding hydrogens is 174 g/mol. The summed E-state index contributed by atoms with van der Waals surface area (Å²) in [4.78, 5) is 1.62. The zero-order chi connectivity index (χ0) is 10.6. The van der Waals surface area contributed by atoms with Gasteiger partial charge in [-0.1, -0.05) is 20.8 Å². The molecule has 0 bridgehead atoms. The van der Waals surface area contributed by atoms with E-state index in [9.17, 15) is 8.78 Å². The molecule has 1 heterocycles. The monoisotopic (exact) mass is 196 g/mol. The van der Waals surface area contributed by atoms with E-state index in [2.05, 4.69) is 0 Å². The fourth-order valence-electron chi connectivity index (χ4n) is 1.55. The van der Waals surface area contributed by atoms with E-state index in [0.717, 1.165) is 0 Å². The maximum atomic E-state index is 12.9. The molecule has 1 unspecified atom stereocenters. The van der Waals surface area contributed by atoms with E-state index < -0.39 is 12.0 Å². The van der Waals surface area contributed by atoms with Gasteiger partial charge in [-0.2, -0.15) is 0 Å². The standard InChI is InChI=1S/C7H14F2N2.C2H6.H2/c1-5-3-11(2)4-7(8,9)6(5)10;1-2;/h5-6H,3-4,10H2,1-2H3;1-2H3;1H/t5?,6-;;/m0../s1. The molecule has 1 aliphatic heterocycles. The predicted molar refractivity (Wildman–Crippen MR) is 53.0 cm³/mol. The topological polar surface area (TPSA) is 29.3 Å². The number of likely N-dealkylation sites (tertiary alicyclic amines) is 1. The molecule has 13 heavy (non-hydrogen) atoms. The number of rotatable bonds is 0. The first-order valence-electron chi connectivity index (χ1n) is 4.75. The molecule has 1 rings (SSSR count). The van der Waals surface area contributed by atoms with Crippen LogP contribution in [-0.2, 0) is 0 Å². The van der Waals surface area contributed by atoms with E-state index in [0.29, 0.717) is 6.54 Å². The molecule has 1 aliphatic rings. The molecule has 82 valence electrons. The first-order valence-corrected chi connectivity index (χ1v) is 4.75. The molecular formula is C9H22F2N2. The molecule has 1 fully saturated rings. The Hall–Kier alpha value is -0.220. The van der Waals surface area contributed by atoms with Crippen molar-refractivity contribution in [3.63, 3.8) is 0 Å². The Morgan fingerprint density at radius 3 is 2.31 bits per heavy atom. The fourth-order valence-corrected chi connectivity index (χ4v) is 1.55. The van der Waals surface area contributed by atoms with Crippen molar-refractivity contribution >= 4 is 0 Å². The Bertz CT molecular complexity index is 156. The Kier molecular flexibility index (Phi) is 4.78. The van der Waals surface area contributed by atoms with Gasteiger partial charge < -0.3 is 10.6 Å². The van der Waals surface area contributed by atoms with Crippen molar-refractivity contribution in [2.75, 3.05) is 20.1 Å². The van der Waals surface area contributed by atoms with Gasteiger partial charge in [0.15, 0.2) is 0 Å². The molecule has 0 aliphatic carbocycles. The molecule has 0 radical (unpaired) electrons. The average molecular weight is 196 g/mol. The number of alkyl halides is 2. The van der Waals surface area contributed by atoms with E-state index in [1.165, 1.54) is 0 Å². The molecule has 0 spiro atoms. The Morgan fingerprint density at radius 1 is 1.46 bits per heavy atom. The number of nitrogens with zero attached hydrogens (tertiary/aromatic N) is 1. The molecule has 2 atom stereocenters. The van der Waals surface area contributed by atoms with E-state index in [4.69, 9.17) is 5.73 Å². The minimum absolute atomic E-state index is 0. The van der Waals surface area contributed by atoms with Crippen molar-refractivity contribution < 1.29 is 10.2 Å². The summed E-state index contributed by atoms with van der Waals surface area (Å²) in [5.41, 5.74) is 5.34. The van der Waals surface area contributed by atoms with E-state index in [1.54, 1.807) is 18.9 Å². The maximum Gasteiger partial charge on any atom is 0.275 e. The highest BCUT2D eigenvalue weighted by molar-refractivity contribution is 4.92. The lowest BCUT2D eigenvalue weighted by Crippen LogP contribution is -2.58. The Morgan fingerprint density at radius 2 is 1.92 bits per heavy atom. The maximum absolute atomic E-state index is 12.9. The van der Waals surface area contributed by atoms with Gasteiger partial charge in [-0.3, -0.25) is 0 Å². The molecule has 2 nitrogen and oxygen atoms in total. The smallest absolute Gasteiger partial charge is 0.275 e. The zero-order valence-corrected chi connectivity index (χ0v) is 8.85. The van der Waals surface area contributed by atoms with Crippen molar-refractivity contribution in [3.8, 4) is 0 Å². The molecule has 0 aromatic rings. The normalized spacial score (nSPS) is 33.5. The SMILES string of the molecule is CC.CC1CN(C)CC(F)(F)[C@H]1N.[HH]. The van der Waals surface area contributed by atoms with Crippen LogP contribution in [0.2, 0.25) is 0 Å². The van der Waals surface area contributed by atoms with Crippen LogP contribution < -0.4 is 5.73 Å². The van der Waals surface area contributed by atoms with Gasteiger partial charge in [0.2, 0.25) is 0 Å². The highest BCUT2D eigenvalue weighted by Crippen LogP contribution is 2.28. The van der Waals surface area contributed by atoms with Gasteiger partial charge >= 0.3 is 0 Å². The van der Waals surface area contributed by atoms with Gasteiger partial charge in [0.05, 0.1) is 12.6 Å². The zero-order valence-electron chi connectivity index (χ0n) is 8.85. The van der Waals surface area contributed by atoms with Crippen LogP contribution >= 0.6 is 0 Å². The van der Waals surface area contributed by atoms with Crippen LogP contribution in [0.5, 0.6) is 0 Å². The van der Waals surface area contributed by atoms with Crippen molar-refractivity contribution in [2.45, 2.75) is 32.7 Å². The summed E-state index contributed by atoms with van der Waals surface area (Å²) in [6.45, 7) is 6.21. The number of halogens is 2. The van der Waals surface area contributed by atoms with Crippen molar-refractivity contribution in [2.24, 2.45) is 11.7 Å². The van der Waals surface area contributed by atoms with Crippen LogP contribution in [0.4, 0.5) is 8.78 Å². The van der Waals surface area contributed by atoms with Gasteiger partial charge in [-0.05, 0) is 13.0 Å². The summed E-state index contributed by atoms with van der Waals surface area (Å²) in [5, 5.41) is 0. The summed E-state index contributed by atoms with van der Waals surface area (Å²) < 4.78 is 25.9. The molecule has 2 N–H and O–H groups in total. The van der Waals surface area contributed by atoms with Crippen LogP contribution in [0.25, 0.3) is 0 Å². The van der Waals surface area contributed by atoms with E-state index >= 15 is 0 Å². The summed E-state index contributed by atoms with van der Waals surface area (Å²) in [5.74, 6) is -2.84. The second-order valence-electron chi connectivity index (χ2n) is 3.46. The summed E-state index contributed by atoms with van der Waals surface area (Å²) in [6, 6.07) is -0.973. The van der Waals surface area contributed by atoms with Crippen LogP contribution in [0.15, 0.2) is 0 Å². The van der Waals surface area contributed by atoms with Crippen LogP contribution in [0.1, 0.15) is 22.2 Å². The van der Waals surface area contributed by atoms with Crippen molar-refractivity contribution in [1.29, 1.82) is 0 Å². The second kappa shape index (κ2) is 4.86. The van der Waals surface area contributed by atoms with Gasteiger partial charge in [-0.15, -0.1) is 0 Å². The number of hydrogen-bond donors (Lipinski definition) is 1.